The molecular formula is C28H45N3O2S. The summed E-state index contributed by atoms with van der Waals surface area (Å²) in [5.74, 6) is 2.66. The number of thioether (sulfide) groups is 1. The predicted octanol–water partition coefficient (Wildman–Crippen LogP) is 6.18. The average Bonchev–Trinajstić information content (AvgIpc) is 2.82. The maximum absolute atomic E-state index is 13.1. The van der Waals surface area contributed by atoms with Crippen LogP contribution in [-0.4, -0.2) is 55.4 Å². The lowest BCUT2D eigenvalue weighted by atomic mass is 10.1. The second-order valence-electron chi connectivity index (χ2n) is 8.80. The number of anilines is 1. The first-order valence-corrected chi connectivity index (χ1v) is 13.5. The van der Waals surface area contributed by atoms with Crippen LogP contribution < -0.4 is 15.4 Å². The number of hydrogen-bond acceptors (Lipinski definition) is 5. The fraction of sp³-hybridized carbons (Fsp3) is 0.536. The quantitative estimate of drug-likeness (QED) is 0.363. The number of benzene rings is 2. The number of amides is 1. The molecule has 1 atom stereocenters. The van der Waals surface area contributed by atoms with Gasteiger partial charge < -0.3 is 20.3 Å². The van der Waals surface area contributed by atoms with E-state index in [0.29, 0.717) is 26.2 Å². The van der Waals surface area contributed by atoms with Crippen LogP contribution in [0.25, 0.3) is 0 Å². The third-order valence-corrected chi connectivity index (χ3v) is 6.04. The Hall–Kier alpha value is -2.18. The standard InChI is InChI=1S/C24H35N3O2S.C4H10/c1-5-26(24(28)20-8-14-23(15-9-20)30-17-16-25)18-19(4)27(6-2)21-10-12-22(13-11-21)29-7-3;1-4(2)3/h8-15,19H,5-7,16-18,25H2,1-4H3;4H,1-3H3/t19-;/m0./s1. The van der Waals surface area contributed by atoms with Crippen molar-refractivity contribution in [3.63, 3.8) is 0 Å². The zero-order valence-corrected chi connectivity index (χ0v) is 23.0. The van der Waals surface area contributed by atoms with Gasteiger partial charge in [0.2, 0.25) is 0 Å². The van der Waals surface area contributed by atoms with Crippen LogP contribution in [0.15, 0.2) is 53.4 Å². The molecule has 2 aromatic carbocycles. The van der Waals surface area contributed by atoms with Crippen LogP contribution in [-0.2, 0) is 0 Å². The highest BCUT2D eigenvalue weighted by molar-refractivity contribution is 7.99. The molecule has 190 valence electrons. The molecule has 0 radical (unpaired) electrons. The van der Waals surface area contributed by atoms with E-state index in [-0.39, 0.29) is 11.9 Å². The van der Waals surface area contributed by atoms with Gasteiger partial charge >= 0.3 is 0 Å². The average molecular weight is 488 g/mol. The molecule has 2 rings (SSSR count). The molecule has 0 bridgehead atoms. The van der Waals surface area contributed by atoms with E-state index in [2.05, 4.69) is 51.7 Å². The van der Waals surface area contributed by atoms with Crippen LogP contribution in [0.5, 0.6) is 5.75 Å². The first-order valence-electron chi connectivity index (χ1n) is 12.5. The number of carbonyl (C=O) groups excluding carboxylic acids is 1. The van der Waals surface area contributed by atoms with Gasteiger partial charge in [0.05, 0.1) is 6.61 Å². The Labute approximate surface area is 212 Å². The number of rotatable bonds is 12. The van der Waals surface area contributed by atoms with Crippen molar-refractivity contribution in [2.45, 2.75) is 59.4 Å². The van der Waals surface area contributed by atoms with Gasteiger partial charge in [-0.1, -0.05) is 20.8 Å². The second kappa shape index (κ2) is 16.4. The molecule has 0 fully saturated rings. The van der Waals surface area contributed by atoms with E-state index in [1.165, 1.54) is 0 Å². The number of carbonyl (C=O) groups is 1. The molecule has 0 aromatic heterocycles. The summed E-state index contributed by atoms with van der Waals surface area (Å²) >= 11 is 1.71. The summed E-state index contributed by atoms with van der Waals surface area (Å²) in [7, 11) is 0. The normalized spacial score (nSPS) is 11.4. The van der Waals surface area contributed by atoms with Crippen LogP contribution in [0, 0.1) is 5.92 Å². The van der Waals surface area contributed by atoms with E-state index in [1.54, 1.807) is 11.8 Å². The van der Waals surface area contributed by atoms with Crippen molar-refractivity contribution in [1.82, 2.24) is 4.90 Å². The number of ether oxygens (including phenoxy) is 1. The van der Waals surface area contributed by atoms with Gasteiger partial charge in [0.25, 0.3) is 5.91 Å². The Balaban J connectivity index is 0.00000133. The maximum atomic E-state index is 13.1. The van der Waals surface area contributed by atoms with E-state index in [0.717, 1.165) is 40.1 Å². The van der Waals surface area contributed by atoms with Crippen molar-refractivity contribution in [2.24, 2.45) is 11.7 Å². The van der Waals surface area contributed by atoms with Gasteiger partial charge in [0.15, 0.2) is 0 Å². The summed E-state index contributed by atoms with van der Waals surface area (Å²) < 4.78 is 5.55. The van der Waals surface area contributed by atoms with Crippen molar-refractivity contribution in [1.29, 1.82) is 0 Å². The van der Waals surface area contributed by atoms with Crippen molar-refractivity contribution < 1.29 is 9.53 Å². The van der Waals surface area contributed by atoms with Gasteiger partial charge in [0, 0.05) is 54.1 Å². The Morgan fingerprint density at radius 3 is 2.00 bits per heavy atom. The van der Waals surface area contributed by atoms with Crippen LogP contribution in [0.4, 0.5) is 5.69 Å². The number of hydrogen-bond donors (Lipinski definition) is 1. The molecule has 6 heteroatoms. The minimum absolute atomic E-state index is 0.0717. The van der Waals surface area contributed by atoms with Crippen LogP contribution in [0.1, 0.15) is 58.8 Å². The zero-order valence-electron chi connectivity index (χ0n) is 22.2. The molecule has 0 aliphatic rings. The zero-order chi connectivity index (χ0) is 25.5. The summed E-state index contributed by atoms with van der Waals surface area (Å²) in [5, 5.41) is 0. The molecule has 0 unspecified atom stereocenters. The van der Waals surface area contributed by atoms with Gasteiger partial charge in [-0.25, -0.2) is 0 Å². The van der Waals surface area contributed by atoms with Crippen molar-refractivity contribution in [2.75, 3.05) is 43.4 Å². The smallest absolute Gasteiger partial charge is 0.253 e. The molecule has 0 heterocycles. The van der Waals surface area contributed by atoms with Gasteiger partial charge in [-0.05, 0) is 82.1 Å². The third-order valence-electron chi connectivity index (χ3n) is 4.99. The van der Waals surface area contributed by atoms with Gasteiger partial charge in [-0.3, -0.25) is 4.79 Å². The van der Waals surface area contributed by atoms with Gasteiger partial charge in [-0.15, -0.1) is 11.8 Å². The van der Waals surface area contributed by atoms with Crippen LogP contribution in [0.2, 0.25) is 0 Å². The van der Waals surface area contributed by atoms with Crippen molar-refractivity contribution in [3.8, 4) is 5.75 Å². The van der Waals surface area contributed by atoms with E-state index in [9.17, 15) is 4.79 Å². The molecule has 34 heavy (non-hydrogen) atoms. The Morgan fingerprint density at radius 1 is 0.941 bits per heavy atom. The van der Waals surface area contributed by atoms with Gasteiger partial charge in [-0.2, -0.15) is 0 Å². The summed E-state index contributed by atoms with van der Waals surface area (Å²) in [6, 6.07) is 16.2. The number of nitrogens with two attached hydrogens (primary N) is 1. The molecule has 1 amide bonds. The fourth-order valence-corrected chi connectivity index (χ4v) is 4.16. The summed E-state index contributed by atoms with van der Waals surface area (Å²) in [4.78, 5) is 18.4. The van der Waals surface area contributed by atoms with Crippen LogP contribution in [0.3, 0.4) is 0 Å². The molecule has 0 aliphatic heterocycles. The third kappa shape index (κ3) is 10.4. The number of nitrogens with zero attached hydrogens (tertiary/aromatic N) is 2. The van der Waals surface area contributed by atoms with Crippen molar-refractivity contribution in [3.05, 3.63) is 54.1 Å². The molecule has 2 aromatic rings. The first-order chi connectivity index (χ1) is 16.3. The highest BCUT2D eigenvalue weighted by atomic mass is 32.2. The highest BCUT2D eigenvalue weighted by Crippen LogP contribution is 2.22. The van der Waals surface area contributed by atoms with E-state index in [1.807, 2.05) is 55.1 Å². The molecule has 5 nitrogen and oxygen atoms in total. The Kier molecular flexibility index (Phi) is 14.4. The summed E-state index contributed by atoms with van der Waals surface area (Å²) in [6.07, 6.45) is 0. The lowest BCUT2D eigenvalue weighted by Gasteiger charge is -2.34. The van der Waals surface area contributed by atoms with E-state index in [4.69, 9.17) is 10.5 Å². The Bertz CT molecular complexity index is 807. The molecule has 0 saturated carbocycles. The fourth-order valence-electron chi connectivity index (χ4n) is 3.48. The molecule has 0 spiro atoms. The van der Waals surface area contributed by atoms with E-state index >= 15 is 0 Å². The first kappa shape index (κ1) is 29.9. The topological polar surface area (TPSA) is 58.8 Å². The molecular weight excluding hydrogens is 442 g/mol. The lowest BCUT2D eigenvalue weighted by molar-refractivity contribution is 0.0756. The molecule has 0 saturated heterocycles. The maximum Gasteiger partial charge on any atom is 0.253 e. The summed E-state index contributed by atoms with van der Waals surface area (Å²) in [6.45, 7) is 18.3. The Morgan fingerprint density at radius 2 is 1.53 bits per heavy atom. The summed E-state index contributed by atoms with van der Waals surface area (Å²) in [5.41, 5.74) is 7.43. The SMILES string of the molecule is CC(C)C.CCOc1ccc(N(CC)[C@@H](C)CN(CC)C(=O)c2ccc(SCCN)cc2)cc1. The second-order valence-corrected chi connectivity index (χ2v) is 9.97. The number of likely N-dealkylation sites (N-methyl/N-ethyl adjacent to an activating group) is 2. The van der Waals surface area contributed by atoms with Crippen LogP contribution >= 0.6 is 11.8 Å². The van der Waals surface area contributed by atoms with Gasteiger partial charge in [0.1, 0.15) is 5.75 Å². The highest BCUT2D eigenvalue weighted by Gasteiger charge is 2.20. The molecule has 0 aliphatic carbocycles. The predicted molar refractivity (Wildman–Crippen MR) is 148 cm³/mol. The van der Waals surface area contributed by atoms with Crippen molar-refractivity contribution >= 4 is 23.4 Å². The minimum atomic E-state index is 0.0717. The molecule has 2 N–H and O–H groups in total. The monoisotopic (exact) mass is 487 g/mol. The minimum Gasteiger partial charge on any atom is -0.494 e. The largest absolute Gasteiger partial charge is 0.494 e. The lowest BCUT2D eigenvalue weighted by Crippen LogP contribution is -2.44. The van der Waals surface area contributed by atoms with E-state index < -0.39 is 0 Å².